The van der Waals surface area contributed by atoms with Gasteiger partial charge in [-0.25, -0.2) is 9.78 Å². The molecule has 0 spiro atoms. The summed E-state index contributed by atoms with van der Waals surface area (Å²) in [5.74, 6) is 0.516. The third-order valence-electron chi connectivity index (χ3n) is 7.42. The number of rotatable bonds is 7. The van der Waals surface area contributed by atoms with Crippen LogP contribution in [-0.2, 0) is 9.59 Å². The fraction of sp³-hybridized carbons (Fsp3) is 0.219. The van der Waals surface area contributed by atoms with Crippen LogP contribution in [0.5, 0.6) is 11.5 Å². The second kappa shape index (κ2) is 12.2. The van der Waals surface area contributed by atoms with Gasteiger partial charge in [0.2, 0.25) is 11.8 Å². The number of para-hydroxylation sites is 1. The summed E-state index contributed by atoms with van der Waals surface area (Å²) < 4.78 is 5.97. The van der Waals surface area contributed by atoms with Crippen molar-refractivity contribution >= 4 is 62.4 Å². The predicted octanol–water partition coefficient (Wildman–Crippen LogP) is 5.45. The largest absolute Gasteiger partial charge is 0.457 e. The van der Waals surface area contributed by atoms with Gasteiger partial charge in [-0.15, -0.1) is 11.3 Å². The van der Waals surface area contributed by atoms with E-state index in [1.54, 1.807) is 22.1 Å². The maximum Gasteiger partial charge on any atom is 0.331 e. The highest BCUT2D eigenvalue weighted by Crippen LogP contribution is 2.46. The number of aromatic nitrogens is 1. The monoisotopic (exact) mass is 610 g/mol. The van der Waals surface area contributed by atoms with E-state index in [0.29, 0.717) is 63.2 Å². The van der Waals surface area contributed by atoms with Gasteiger partial charge in [0.05, 0.1) is 22.4 Å². The summed E-state index contributed by atoms with van der Waals surface area (Å²) in [4.78, 5) is 59.5. The van der Waals surface area contributed by atoms with Crippen molar-refractivity contribution in [2.24, 2.45) is 0 Å². The lowest BCUT2D eigenvalue weighted by atomic mass is 10.1. The first-order valence-electron chi connectivity index (χ1n) is 14.2. The second-order valence-corrected chi connectivity index (χ2v) is 11.6. The zero-order valence-electron chi connectivity index (χ0n) is 24.1. The SMILES string of the molecule is CC(=O)N/C=C\C(=O)N1CCC[C@@H](NC(=O)c2sc3nccc4c3c2NC(=O)N4c2ccc(Oc3ccccc3)cc2C)C1. The number of carbonyl (C=O) groups is 4. The van der Waals surface area contributed by atoms with E-state index in [1.807, 2.05) is 55.5 Å². The predicted molar refractivity (Wildman–Crippen MR) is 168 cm³/mol. The first-order chi connectivity index (χ1) is 21.3. The lowest BCUT2D eigenvalue weighted by Crippen LogP contribution is -2.49. The quantitative estimate of drug-likeness (QED) is 0.238. The van der Waals surface area contributed by atoms with Crippen molar-refractivity contribution in [2.45, 2.75) is 32.7 Å². The van der Waals surface area contributed by atoms with E-state index < -0.39 is 6.03 Å². The number of thiophene rings is 1. The van der Waals surface area contributed by atoms with E-state index >= 15 is 0 Å². The smallest absolute Gasteiger partial charge is 0.331 e. The number of amides is 5. The summed E-state index contributed by atoms with van der Waals surface area (Å²) in [6.07, 6.45) is 5.68. The molecule has 0 bridgehead atoms. The van der Waals surface area contributed by atoms with Gasteiger partial charge < -0.3 is 25.6 Å². The van der Waals surface area contributed by atoms with Gasteiger partial charge in [0.1, 0.15) is 21.2 Å². The number of carbonyl (C=O) groups excluding carboxylic acids is 4. The molecule has 224 valence electrons. The molecule has 4 heterocycles. The second-order valence-electron chi connectivity index (χ2n) is 10.6. The van der Waals surface area contributed by atoms with Gasteiger partial charge >= 0.3 is 6.03 Å². The Morgan fingerprint density at radius 3 is 2.68 bits per heavy atom. The third-order valence-corrected chi connectivity index (χ3v) is 8.52. The van der Waals surface area contributed by atoms with Crippen molar-refractivity contribution in [1.82, 2.24) is 20.5 Å². The minimum Gasteiger partial charge on any atom is -0.457 e. The third kappa shape index (κ3) is 5.84. The number of likely N-dealkylation sites (tertiary alicyclic amines) is 1. The van der Waals surface area contributed by atoms with Crippen LogP contribution in [0.2, 0.25) is 0 Å². The number of ether oxygens (including phenoxy) is 1. The van der Waals surface area contributed by atoms with Gasteiger partial charge in [-0.05, 0) is 61.7 Å². The zero-order valence-corrected chi connectivity index (χ0v) is 24.9. The molecular weight excluding hydrogens is 580 g/mol. The number of nitrogens with zero attached hydrogens (tertiary/aromatic N) is 3. The van der Waals surface area contributed by atoms with Gasteiger partial charge in [0.25, 0.3) is 5.91 Å². The van der Waals surface area contributed by atoms with Gasteiger partial charge in [-0.3, -0.25) is 19.3 Å². The van der Waals surface area contributed by atoms with Crippen LogP contribution in [0.1, 0.15) is 35.0 Å². The number of pyridine rings is 1. The number of hydrogen-bond donors (Lipinski definition) is 3. The summed E-state index contributed by atoms with van der Waals surface area (Å²) in [6, 6.07) is 16.1. The molecule has 1 atom stereocenters. The van der Waals surface area contributed by atoms with Crippen molar-refractivity contribution in [3.8, 4) is 11.5 Å². The summed E-state index contributed by atoms with van der Waals surface area (Å²) in [5, 5.41) is 9.13. The minimum atomic E-state index is -0.391. The number of benzene rings is 2. The van der Waals surface area contributed by atoms with E-state index in [1.165, 1.54) is 30.5 Å². The number of aryl methyl sites for hydroxylation is 1. The summed E-state index contributed by atoms with van der Waals surface area (Å²) in [6.45, 7) is 4.17. The molecule has 44 heavy (non-hydrogen) atoms. The molecule has 0 radical (unpaired) electrons. The van der Waals surface area contributed by atoms with Crippen molar-refractivity contribution in [2.75, 3.05) is 23.3 Å². The number of urea groups is 1. The molecule has 0 unspecified atom stereocenters. The fourth-order valence-electron chi connectivity index (χ4n) is 5.43. The van der Waals surface area contributed by atoms with Gasteiger partial charge in [0.15, 0.2) is 0 Å². The van der Waals surface area contributed by atoms with Crippen LogP contribution in [0.15, 0.2) is 73.1 Å². The highest BCUT2D eigenvalue weighted by atomic mass is 32.1. The molecule has 2 aromatic carbocycles. The Hall–Kier alpha value is -5.23. The Labute approximate surface area is 257 Å². The maximum absolute atomic E-state index is 13.6. The van der Waals surface area contributed by atoms with E-state index in [2.05, 4.69) is 20.9 Å². The van der Waals surface area contributed by atoms with Crippen LogP contribution in [-0.4, -0.2) is 52.8 Å². The summed E-state index contributed by atoms with van der Waals surface area (Å²) >= 11 is 1.21. The molecule has 4 aromatic rings. The molecule has 1 fully saturated rings. The van der Waals surface area contributed by atoms with Gasteiger partial charge in [0, 0.05) is 44.5 Å². The van der Waals surface area contributed by atoms with Crippen LogP contribution in [0.3, 0.4) is 0 Å². The van der Waals surface area contributed by atoms with Crippen LogP contribution in [0.25, 0.3) is 10.2 Å². The molecule has 11 nitrogen and oxygen atoms in total. The van der Waals surface area contributed by atoms with Crippen LogP contribution in [0.4, 0.5) is 21.9 Å². The topological polar surface area (TPSA) is 133 Å². The number of anilines is 3. The number of hydrogen-bond acceptors (Lipinski definition) is 7. The molecule has 3 N–H and O–H groups in total. The van der Waals surface area contributed by atoms with Gasteiger partial charge in [-0.2, -0.15) is 0 Å². The zero-order chi connectivity index (χ0) is 30.8. The van der Waals surface area contributed by atoms with Crippen LogP contribution in [0, 0.1) is 6.92 Å². The Kier molecular flexibility index (Phi) is 7.99. The standard InChI is InChI=1S/C32H30N6O5S/c1-19-17-23(43-22-8-4-3-5-9-22)10-11-24(19)38-25-12-14-34-31-27(25)28(36-32(38)42)29(44-31)30(41)35-21-7-6-16-37(18-21)26(40)13-15-33-20(2)39/h3-5,8-15,17,21H,6-7,16,18H2,1-2H3,(H,33,39)(H,35,41)(H,36,42)/b15-13-/t21-/m1/s1. The average Bonchev–Trinajstić information content (AvgIpc) is 3.38. The van der Waals surface area contributed by atoms with Crippen molar-refractivity contribution < 1.29 is 23.9 Å². The average molecular weight is 611 g/mol. The molecule has 12 heteroatoms. The summed E-state index contributed by atoms with van der Waals surface area (Å²) in [7, 11) is 0. The Morgan fingerprint density at radius 1 is 1.09 bits per heavy atom. The lowest BCUT2D eigenvalue weighted by Gasteiger charge is -2.32. The highest BCUT2D eigenvalue weighted by Gasteiger charge is 2.34. The lowest BCUT2D eigenvalue weighted by molar-refractivity contribution is -0.127. The van der Waals surface area contributed by atoms with E-state index in [-0.39, 0.29) is 23.8 Å². The molecule has 0 saturated carbocycles. The van der Waals surface area contributed by atoms with Crippen LogP contribution < -0.4 is 25.6 Å². The van der Waals surface area contributed by atoms with Crippen molar-refractivity contribution in [1.29, 1.82) is 0 Å². The number of piperidine rings is 1. The molecule has 2 aliphatic rings. The van der Waals surface area contributed by atoms with E-state index in [4.69, 9.17) is 4.74 Å². The Bertz CT molecular complexity index is 1800. The van der Waals surface area contributed by atoms with Crippen molar-refractivity contribution in [3.05, 3.63) is 83.5 Å². The Morgan fingerprint density at radius 2 is 1.91 bits per heavy atom. The molecular formula is C32H30N6O5S. The first kappa shape index (κ1) is 28.9. The molecule has 0 aliphatic carbocycles. The van der Waals surface area contributed by atoms with Crippen LogP contribution >= 0.6 is 11.3 Å². The first-order valence-corrected chi connectivity index (χ1v) is 15.0. The van der Waals surface area contributed by atoms with Crippen molar-refractivity contribution in [3.63, 3.8) is 0 Å². The van der Waals surface area contributed by atoms with E-state index in [9.17, 15) is 19.2 Å². The normalized spacial score (nSPS) is 16.1. The molecule has 1 saturated heterocycles. The summed E-state index contributed by atoms with van der Waals surface area (Å²) in [5.41, 5.74) is 2.57. The maximum atomic E-state index is 13.6. The molecule has 5 amide bonds. The van der Waals surface area contributed by atoms with E-state index in [0.717, 1.165) is 12.0 Å². The highest BCUT2D eigenvalue weighted by molar-refractivity contribution is 7.21. The van der Waals surface area contributed by atoms with Gasteiger partial charge in [-0.1, -0.05) is 18.2 Å². The number of nitrogens with one attached hydrogen (secondary N) is 3. The molecule has 2 aromatic heterocycles. The fourth-order valence-corrected chi connectivity index (χ4v) is 6.45. The molecule has 2 aliphatic heterocycles. The Balaban J connectivity index is 1.23. The molecule has 6 rings (SSSR count). The minimum absolute atomic E-state index is 0.245.